The molecular weight excluding hydrogens is 206 g/mol. The number of amides is 1. The van der Waals surface area contributed by atoms with E-state index in [1.54, 1.807) is 4.90 Å². The summed E-state index contributed by atoms with van der Waals surface area (Å²) in [5, 5.41) is 8.66. The fraction of sp³-hybridized carbons (Fsp3) is 0.833. The van der Waals surface area contributed by atoms with Gasteiger partial charge < -0.3 is 10.0 Å². The summed E-state index contributed by atoms with van der Waals surface area (Å²) in [4.78, 5) is 23.8. The van der Waals surface area contributed by atoms with Crippen molar-refractivity contribution in [2.75, 3.05) is 6.54 Å². The number of carboxylic acid groups (broad SMARTS) is 1. The van der Waals surface area contributed by atoms with E-state index in [1.165, 1.54) is 19.8 Å². The van der Waals surface area contributed by atoms with E-state index >= 15 is 0 Å². The number of carbonyl (C=O) groups excluding carboxylic acids is 1. The molecule has 1 aliphatic rings. The third-order valence-electron chi connectivity index (χ3n) is 3.24. The van der Waals surface area contributed by atoms with Gasteiger partial charge in [-0.2, -0.15) is 0 Å². The molecule has 1 saturated carbocycles. The monoisotopic (exact) mass is 227 g/mol. The first-order chi connectivity index (χ1) is 7.61. The largest absolute Gasteiger partial charge is 0.481 e. The number of rotatable bonds is 4. The van der Waals surface area contributed by atoms with E-state index in [0.29, 0.717) is 6.54 Å². The summed E-state index contributed by atoms with van der Waals surface area (Å²) in [5.41, 5.74) is 0. The number of carboxylic acids is 1. The molecule has 0 heterocycles. The van der Waals surface area contributed by atoms with Crippen LogP contribution in [0.4, 0.5) is 0 Å². The molecule has 1 aliphatic carbocycles. The average Bonchev–Trinajstić information content (AvgIpc) is 2.45. The Morgan fingerprint density at radius 2 is 1.75 bits per heavy atom. The van der Waals surface area contributed by atoms with E-state index < -0.39 is 5.97 Å². The van der Waals surface area contributed by atoms with E-state index in [-0.39, 0.29) is 18.4 Å². The highest BCUT2D eigenvalue weighted by atomic mass is 16.4. The zero-order valence-electron chi connectivity index (χ0n) is 9.95. The van der Waals surface area contributed by atoms with Crippen molar-refractivity contribution in [3.05, 3.63) is 0 Å². The smallest absolute Gasteiger partial charge is 0.305 e. The maximum Gasteiger partial charge on any atom is 0.305 e. The topological polar surface area (TPSA) is 57.6 Å². The van der Waals surface area contributed by atoms with Gasteiger partial charge in [0.2, 0.25) is 5.91 Å². The molecular formula is C12H21NO3. The minimum atomic E-state index is -0.833. The fourth-order valence-corrected chi connectivity index (χ4v) is 2.38. The zero-order valence-corrected chi connectivity index (χ0v) is 9.95. The van der Waals surface area contributed by atoms with Crippen molar-refractivity contribution in [1.82, 2.24) is 4.90 Å². The van der Waals surface area contributed by atoms with Gasteiger partial charge in [-0.1, -0.05) is 25.7 Å². The highest BCUT2D eigenvalue weighted by molar-refractivity contribution is 5.74. The minimum Gasteiger partial charge on any atom is -0.481 e. The molecule has 0 aromatic rings. The first kappa shape index (κ1) is 13.0. The number of carbonyl (C=O) groups is 2. The molecule has 4 nitrogen and oxygen atoms in total. The van der Waals surface area contributed by atoms with Crippen molar-refractivity contribution >= 4 is 11.9 Å². The van der Waals surface area contributed by atoms with Crippen molar-refractivity contribution < 1.29 is 14.7 Å². The van der Waals surface area contributed by atoms with Crippen LogP contribution in [0.25, 0.3) is 0 Å². The van der Waals surface area contributed by atoms with Gasteiger partial charge in [-0.25, -0.2) is 0 Å². The van der Waals surface area contributed by atoms with Crippen molar-refractivity contribution in [3.8, 4) is 0 Å². The van der Waals surface area contributed by atoms with Crippen LogP contribution in [0.2, 0.25) is 0 Å². The highest BCUT2D eigenvalue weighted by Gasteiger charge is 2.22. The van der Waals surface area contributed by atoms with Crippen LogP contribution >= 0.6 is 0 Å². The van der Waals surface area contributed by atoms with Gasteiger partial charge >= 0.3 is 5.97 Å². The van der Waals surface area contributed by atoms with Gasteiger partial charge in [-0.15, -0.1) is 0 Å². The van der Waals surface area contributed by atoms with E-state index in [0.717, 1.165) is 25.7 Å². The van der Waals surface area contributed by atoms with E-state index in [2.05, 4.69) is 0 Å². The van der Waals surface area contributed by atoms with Crippen LogP contribution in [0.5, 0.6) is 0 Å². The lowest BCUT2D eigenvalue weighted by Gasteiger charge is -2.29. The molecule has 0 saturated heterocycles. The zero-order chi connectivity index (χ0) is 12.0. The minimum absolute atomic E-state index is 0.00755. The summed E-state index contributed by atoms with van der Waals surface area (Å²) < 4.78 is 0. The van der Waals surface area contributed by atoms with Crippen LogP contribution in [0.1, 0.15) is 51.9 Å². The predicted molar refractivity (Wildman–Crippen MR) is 61.1 cm³/mol. The van der Waals surface area contributed by atoms with Crippen molar-refractivity contribution in [3.63, 3.8) is 0 Å². The molecule has 0 radical (unpaired) electrons. The first-order valence-corrected chi connectivity index (χ1v) is 6.10. The first-order valence-electron chi connectivity index (χ1n) is 6.10. The Bertz CT molecular complexity index is 245. The molecule has 1 rings (SSSR count). The highest BCUT2D eigenvalue weighted by Crippen LogP contribution is 2.22. The van der Waals surface area contributed by atoms with Gasteiger partial charge in [0.15, 0.2) is 0 Å². The second kappa shape index (κ2) is 6.51. The normalized spacial score (nSPS) is 17.8. The molecule has 0 aromatic heterocycles. The summed E-state index contributed by atoms with van der Waals surface area (Å²) in [6.07, 6.45) is 6.89. The number of hydrogen-bond acceptors (Lipinski definition) is 2. The van der Waals surface area contributed by atoms with E-state index in [1.807, 2.05) is 0 Å². The molecule has 16 heavy (non-hydrogen) atoms. The van der Waals surface area contributed by atoms with Gasteiger partial charge in [0.1, 0.15) is 0 Å². The van der Waals surface area contributed by atoms with Gasteiger partial charge in [0.05, 0.1) is 6.42 Å². The lowest BCUT2D eigenvalue weighted by atomic mass is 10.1. The van der Waals surface area contributed by atoms with Gasteiger partial charge in [-0.3, -0.25) is 9.59 Å². The molecule has 0 aromatic carbocycles. The van der Waals surface area contributed by atoms with Crippen LogP contribution in [0.15, 0.2) is 0 Å². The molecule has 1 N–H and O–H groups in total. The van der Waals surface area contributed by atoms with Crippen LogP contribution in [-0.4, -0.2) is 34.5 Å². The molecule has 4 heteroatoms. The number of hydrogen-bond donors (Lipinski definition) is 1. The van der Waals surface area contributed by atoms with E-state index in [4.69, 9.17) is 5.11 Å². The predicted octanol–water partition coefficient (Wildman–Crippen LogP) is 2.03. The van der Waals surface area contributed by atoms with Crippen LogP contribution in [-0.2, 0) is 9.59 Å². The van der Waals surface area contributed by atoms with Crippen molar-refractivity contribution in [2.24, 2.45) is 0 Å². The van der Waals surface area contributed by atoms with E-state index in [9.17, 15) is 9.59 Å². The van der Waals surface area contributed by atoms with Crippen LogP contribution in [0, 0.1) is 0 Å². The molecule has 0 bridgehead atoms. The maximum atomic E-state index is 11.5. The fourth-order valence-electron chi connectivity index (χ4n) is 2.38. The maximum absolute atomic E-state index is 11.5. The summed E-state index contributed by atoms with van der Waals surface area (Å²) in [6, 6.07) is 0.263. The van der Waals surface area contributed by atoms with Crippen LogP contribution in [0.3, 0.4) is 0 Å². The lowest BCUT2D eigenvalue weighted by molar-refractivity contribution is -0.138. The number of nitrogens with zero attached hydrogens (tertiary/aromatic N) is 1. The SMILES string of the molecule is CC(=O)N(CCC(=O)O)C1CCCCCC1. The second-order valence-corrected chi connectivity index (χ2v) is 4.50. The molecule has 0 atom stereocenters. The van der Waals surface area contributed by atoms with Gasteiger partial charge in [0.25, 0.3) is 0 Å². The van der Waals surface area contributed by atoms with Crippen LogP contribution < -0.4 is 0 Å². The molecule has 92 valence electrons. The summed E-state index contributed by atoms with van der Waals surface area (Å²) in [7, 11) is 0. The quantitative estimate of drug-likeness (QED) is 0.748. The Balaban J connectivity index is 2.53. The summed E-state index contributed by atoms with van der Waals surface area (Å²) in [6.45, 7) is 1.89. The molecule has 1 amide bonds. The van der Waals surface area contributed by atoms with Crippen molar-refractivity contribution in [2.45, 2.75) is 57.9 Å². The summed E-state index contributed by atoms with van der Waals surface area (Å²) in [5.74, 6) is -0.826. The average molecular weight is 227 g/mol. The Morgan fingerprint density at radius 3 is 2.19 bits per heavy atom. The number of aliphatic carboxylic acids is 1. The Hall–Kier alpha value is -1.06. The standard InChI is InChI=1S/C12H21NO3/c1-10(14)13(9-8-12(15)16)11-6-4-2-3-5-7-11/h11H,2-9H2,1H3,(H,15,16). The Morgan fingerprint density at radius 1 is 1.19 bits per heavy atom. The molecule has 0 unspecified atom stereocenters. The van der Waals surface area contributed by atoms with Crippen molar-refractivity contribution in [1.29, 1.82) is 0 Å². The van der Waals surface area contributed by atoms with Gasteiger partial charge in [-0.05, 0) is 12.8 Å². The Labute approximate surface area is 96.6 Å². The third-order valence-corrected chi connectivity index (χ3v) is 3.24. The summed E-state index contributed by atoms with van der Waals surface area (Å²) >= 11 is 0. The Kier molecular flexibility index (Phi) is 5.29. The second-order valence-electron chi connectivity index (χ2n) is 4.50. The molecule has 1 fully saturated rings. The van der Waals surface area contributed by atoms with Gasteiger partial charge in [0, 0.05) is 19.5 Å². The third kappa shape index (κ3) is 4.21. The molecule has 0 aliphatic heterocycles. The molecule has 0 spiro atoms. The lowest BCUT2D eigenvalue weighted by Crippen LogP contribution is -2.40.